The Bertz CT molecular complexity index is 407. The van der Waals surface area contributed by atoms with Crippen molar-refractivity contribution in [2.24, 2.45) is 11.7 Å². The number of rotatable bonds is 7. The number of esters is 1. The summed E-state index contributed by atoms with van der Waals surface area (Å²) < 4.78 is 10.8. The second-order valence-electron chi connectivity index (χ2n) is 5.37. The number of nitrogens with two attached hydrogens (primary N) is 1. The molecule has 6 nitrogen and oxygen atoms in total. The average molecular weight is 299 g/mol. The predicted octanol–water partition coefficient (Wildman–Crippen LogP) is 1.48. The number of carbonyl (C=O) groups is 2. The van der Waals surface area contributed by atoms with E-state index in [1.54, 1.807) is 13.0 Å². The fourth-order valence-electron chi connectivity index (χ4n) is 2.35. The van der Waals surface area contributed by atoms with Gasteiger partial charge in [0.1, 0.15) is 0 Å². The van der Waals surface area contributed by atoms with E-state index in [9.17, 15) is 9.59 Å². The molecule has 0 fully saturated rings. The summed E-state index contributed by atoms with van der Waals surface area (Å²) >= 11 is 0. The van der Waals surface area contributed by atoms with Crippen LogP contribution in [0.3, 0.4) is 0 Å². The van der Waals surface area contributed by atoms with Crippen LogP contribution in [0.2, 0.25) is 0 Å². The Balaban J connectivity index is 2.83. The minimum atomic E-state index is -0.899. The van der Waals surface area contributed by atoms with Crippen LogP contribution in [-0.4, -0.2) is 41.9 Å². The van der Waals surface area contributed by atoms with Crippen molar-refractivity contribution >= 4 is 11.9 Å². The molecule has 1 aliphatic carbocycles. The van der Waals surface area contributed by atoms with Gasteiger partial charge in [0, 0.05) is 17.5 Å². The molecule has 0 aromatic carbocycles. The lowest BCUT2D eigenvalue weighted by Crippen LogP contribution is -2.43. The lowest BCUT2D eigenvalue weighted by Gasteiger charge is -2.34. The molecule has 21 heavy (non-hydrogen) atoms. The number of carboxylic acids is 1. The van der Waals surface area contributed by atoms with Crippen molar-refractivity contribution in [1.29, 1.82) is 0 Å². The van der Waals surface area contributed by atoms with Crippen molar-refractivity contribution in [2.45, 2.75) is 58.3 Å². The number of ether oxygens (including phenoxy) is 2. The highest BCUT2D eigenvalue weighted by Crippen LogP contribution is 2.27. The first-order valence-corrected chi connectivity index (χ1v) is 7.39. The zero-order chi connectivity index (χ0) is 16.0. The molecule has 1 rings (SSSR count). The van der Waals surface area contributed by atoms with Gasteiger partial charge in [-0.15, -0.1) is 0 Å². The number of aliphatic carboxylic acids is 1. The fourth-order valence-corrected chi connectivity index (χ4v) is 2.35. The molecule has 0 heterocycles. The maximum Gasteiger partial charge on any atom is 0.333 e. The lowest BCUT2D eigenvalue weighted by atomic mass is 9.84. The molecule has 0 aromatic heterocycles. The minimum Gasteiger partial charge on any atom is -0.481 e. The van der Waals surface area contributed by atoms with E-state index in [-0.39, 0.29) is 36.6 Å². The van der Waals surface area contributed by atoms with Crippen molar-refractivity contribution in [3.63, 3.8) is 0 Å². The first-order valence-electron chi connectivity index (χ1n) is 7.39. The minimum absolute atomic E-state index is 0.0195. The Hall–Kier alpha value is -1.40. The van der Waals surface area contributed by atoms with E-state index in [0.717, 1.165) is 0 Å². The van der Waals surface area contributed by atoms with E-state index >= 15 is 0 Å². The molecule has 6 heteroatoms. The summed E-state index contributed by atoms with van der Waals surface area (Å²) in [6.45, 7) is 5.87. The molecular formula is C15H25NO5. The SMILES string of the molecule is CCOC(=O)C1=C[C@@H](O[C@H](CC)CC(=O)O)[C@H](C)[C@@H](N)C1. The number of hydrogen-bond donors (Lipinski definition) is 2. The molecule has 0 saturated heterocycles. The molecule has 0 aromatic rings. The molecule has 0 spiro atoms. The van der Waals surface area contributed by atoms with Gasteiger partial charge in [-0.05, 0) is 25.8 Å². The van der Waals surface area contributed by atoms with Gasteiger partial charge in [0.05, 0.1) is 25.2 Å². The van der Waals surface area contributed by atoms with Crippen LogP contribution in [0.5, 0.6) is 0 Å². The van der Waals surface area contributed by atoms with E-state index in [1.807, 2.05) is 13.8 Å². The Morgan fingerprint density at radius 3 is 2.67 bits per heavy atom. The molecule has 0 unspecified atom stereocenters. The number of carboxylic acid groups (broad SMARTS) is 1. The quantitative estimate of drug-likeness (QED) is 0.691. The van der Waals surface area contributed by atoms with Gasteiger partial charge in [-0.2, -0.15) is 0 Å². The van der Waals surface area contributed by atoms with E-state index in [1.165, 1.54) is 0 Å². The molecule has 120 valence electrons. The Morgan fingerprint density at radius 2 is 2.14 bits per heavy atom. The van der Waals surface area contributed by atoms with Gasteiger partial charge in [0.2, 0.25) is 0 Å². The second kappa shape index (κ2) is 8.14. The summed E-state index contributed by atoms with van der Waals surface area (Å²) in [5, 5.41) is 8.88. The highest BCUT2D eigenvalue weighted by molar-refractivity contribution is 5.88. The topological polar surface area (TPSA) is 98.8 Å². The molecule has 0 aliphatic heterocycles. The monoisotopic (exact) mass is 299 g/mol. The van der Waals surface area contributed by atoms with Crippen LogP contribution in [0.15, 0.2) is 11.6 Å². The van der Waals surface area contributed by atoms with E-state index in [0.29, 0.717) is 25.0 Å². The van der Waals surface area contributed by atoms with Gasteiger partial charge in [-0.1, -0.05) is 13.8 Å². The van der Waals surface area contributed by atoms with Crippen LogP contribution in [-0.2, 0) is 19.1 Å². The highest BCUT2D eigenvalue weighted by atomic mass is 16.5. The summed E-state index contributed by atoms with van der Waals surface area (Å²) in [6, 6.07) is -0.207. The molecule has 0 bridgehead atoms. The van der Waals surface area contributed by atoms with Crippen molar-refractivity contribution in [1.82, 2.24) is 0 Å². The third-order valence-electron chi connectivity index (χ3n) is 3.76. The molecule has 4 atom stereocenters. The summed E-state index contributed by atoms with van der Waals surface area (Å²) in [5.41, 5.74) is 6.58. The Labute approximate surface area is 125 Å². The van der Waals surface area contributed by atoms with E-state index in [2.05, 4.69) is 0 Å². The predicted molar refractivity (Wildman–Crippen MR) is 77.7 cm³/mol. The smallest absolute Gasteiger partial charge is 0.333 e. The maximum atomic E-state index is 11.8. The van der Waals surface area contributed by atoms with Crippen molar-refractivity contribution in [2.75, 3.05) is 6.61 Å². The van der Waals surface area contributed by atoms with Gasteiger partial charge in [-0.25, -0.2) is 4.79 Å². The maximum absolute atomic E-state index is 11.8. The third-order valence-corrected chi connectivity index (χ3v) is 3.76. The van der Waals surface area contributed by atoms with Crippen LogP contribution in [0.1, 0.15) is 40.0 Å². The van der Waals surface area contributed by atoms with E-state index in [4.69, 9.17) is 20.3 Å². The van der Waals surface area contributed by atoms with Crippen molar-refractivity contribution in [3.8, 4) is 0 Å². The summed E-state index contributed by atoms with van der Waals surface area (Å²) in [4.78, 5) is 22.7. The molecular weight excluding hydrogens is 274 g/mol. The molecule has 0 amide bonds. The van der Waals surface area contributed by atoms with Gasteiger partial charge in [-0.3, -0.25) is 4.79 Å². The van der Waals surface area contributed by atoms with Gasteiger partial charge in [0.25, 0.3) is 0 Å². The Morgan fingerprint density at radius 1 is 1.48 bits per heavy atom. The van der Waals surface area contributed by atoms with Crippen LogP contribution >= 0.6 is 0 Å². The standard InChI is InChI=1S/C15H25NO5/c1-4-11(8-14(17)18)21-13-7-10(15(19)20-5-2)6-12(16)9(13)3/h7,9,11-13H,4-6,8,16H2,1-3H3,(H,17,18)/t9-,11-,12+,13-/m1/s1. The Kier molecular flexibility index (Phi) is 6.84. The first-order chi connectivity index (χ1) is 9.88. The van der Waals surface area contributed by atoms with Gasteiger partial charge >= 0.3 is 11.9 Å². The molecule has 0 radical (unpaired) electrons. The van der Waals surface area contributed by atoms with Crippen LogP contribution in [0.25, 0.3) is 0 Å². The normalized spacial score (nSPS) is 26.9. The summed E-state index contributed by atoms with van der Waals surface area (Å²) in [5.74, 6) is -1.25. The van der Waals surface area contributed by atoms with Crippen molar-refractivity contribution < 1.29 is 24.2 Å². The van der Waals surface area contributed by atoms with Crippen LogP contribution in [0, 0.1) is 5.92 Å². The highest BCUT2D eigenvalue weighted by Gasteiger charge is 2.32. The molecule has 3 N–H and O–H groups in total. The fraction of sp³-hybridized carbons (Fsp3) is 0.733. The zero-order valence-corrected chi connectivity index (χ0v) is 12.9. The molecule has 1 aliphatic rings. The number of hydrogen-bond acceptors (Lipinski definition) is 5. The summed E-state index contributed by atoms with van der Waals surface area (Å²) in [6.07, 6.45) is 1.97. The average Bonchev–Trinajstić information content (AvgIpc) is 2.42. The molecule has 0 saturated carbocycles. The van der Waals surface area contributed by atoms with Crippen molar-refractivity contribution in [3.05, 3.63) is 11.6 Å². The second-order valence-corrected chi connectivity index (χ2v) is 5.37. The third kappa shape index (κ3) is 5.13. The van der Waals surface area contributed by atoms with Crippen LogP contribution < -0.4 is 5.73 Å². The van der Waals surface area contributed by atoms with Gasteiger partial charge in [0.15, 0.2) is 0 Å². The number of carbonyl (C=O) groups excluding carboxylic acids is 1. The largest absolute Gasteiger partial charge is 0.481 e. The summed E-state index contributed by atoms with van der Waals surface area (Å²) in [7, 11) is 0. The van der Waals surface area contributed by atoms with E-state index < -0.39 is 5.97 Å². The van der Waals surface area contributed by atoms with Crippen LogP contribution in [0.4, 0.5) is 0 Å². The zero-order valence-electron chi connectivity index (χ0n) is 12.9. The first kappa shape index (κ1) is 17.7. The lowest BCUT2D eigenvalue weighted by molar-refractivity contribution is -0.143. The van der Waals surface area contributed by atoms with Gasteiger partial charge < -0.3 is 20.3 Å².